The van der Waals surface area contributed by atoms with Gasteiger partial charge >= 0.3 is 7.32 Å². The van der Waals surface area contributed by atoms with Crippen molar-refractivity contribution in [1.29, 1.82) is 0 Å². The molecular weight excluding hydrogens is 360 g/mol. The maximum atomic E-state index is 9.45. The Morgan fingerprint density at radius 1 is 0.895 bits per heavy atom. The molecule has 106 valence electrons. The van der Waals surface area contributed by atoms with Gasteiger partial charge in [0.2, 0.25) is 0 Å². The molecule has 0 aliphatic rings. The summed E-state index contributed by atoms with van der Waals surface area (Å²) in [6, 6.07) is 0. The second-order valence-corrected chi connectivity index (χ2v) is 5.45. The van der Waals surface area contributed by atoms with Crippen molar-refractivity contribution in [3.63, 3.8) is 0 Å². The lowest BCUT2D eigenvalue weighted by atomic mass is 10.2. The summed E-state index contributed by atoms with van der Waals surface area (Å²) in [7, 11) is -1.76. The lowest BCUT2D eigenvalue weighted by Gasteiger charge is -2.15. The molecule has 19 heavy (non-hydrogen) atoms. The summed E-state index contributed by atoms with van der Waals surface area (Å²) in [6.45, 7) is 3.39. The van der Waals surface area contributed by atoms with Crippen LogP contribution in [0.25, 0.3) is 0 Å². The van der Waals surface area contributed by atoms with Crippen LogP contribution >= 0.6 is 58.0 Å². The third-order valence-corrected chi connectivity index (χ3v) is 3.96. The predicted molar refractivity (Wildman–Crippen MR) is 77.4 cm³/mol. The maximum Gasteiger partial charge on any atom is 0.739 e. The van der Waals surface area contributed by atoms with Crippen molar-refractivity contribution < 1.29 is 19.4 Å². The van der Waals surface area contributed by atoms with Gasteiger partial charge in [-0.2, -0.15) is 0 Å². The Hall–Kier alpha value is 0.415. The molecule has 10 heteroatoms. The molecule has 0 spiro atoms. The molecule has 0 saturated heterocycles. The van der Waals surface area contributed by atoms with Gasteiger partial charge in [0.25, 0.3) is 0 Å². The van der Waals surface area contributed by atoms with Crippen LogP contribution in [0.2, 0.25) is 25.1 Å². The Morgan fingerprint density at radius 3 is 1.74 bits per heavy atom. The van der Waals surface area contributed by atoms with Crippen molar-refractivity contribution in [2.45, 2.75) is 20.0 Å². The zero-order valence-corrected chi connectivity index (χ0v) is 13.5. The zero-order valence-electron chi connectivity index (χ0n) is 9.72. The topological polar surface area (TPSA) is 47.9 Å². The highest BCUT2D eigenvalue weighted by atomic mass is 35.5. The van der Waals surface area contributed by atoms with Crippen LogP contribution in [-0.4, -0.2) is 18.4 Å². The molecule has 0 heterocycles. The fraction of sp³-hybridized carbons (Fsp3) is 0.333. The standard InChI is InChI=1S/C9H8BCl5O4/c1-3(2)18-19-10(16)17-9-7(14)5(12)4(11)6(13)8(9)15/h3,16H,1-2H3. The van der Waals surface area contributed by atoms with Crippen LogP contribution in [-0.2, 0) is 9.69 Å². The SMILES string of the molecule is CC(C)OOB(O)Oc1c(Cl)c(Cl)c(Cl)c(Cl)c1Cl. The number of benzene rings is 1. The van der Waals surface area contributed by atoms with E-state index in [1.807, 2.05) is 0 Å². The van der Waals surface area contributed by atoms with Crippen LogP contribution in [0.5, 0.6) is 5.75 Å². The maximum absolute atomic E-state index is 9.45. The Kier molecular flexibility index (Phi) is 6.83. The fourth-order valence-corrected chi connectivity index (χ4v) is 2.18. The molecule has 0 fully saturated rings. The number of hydrogen-bond acceptors (Lipinski definition) is 4. The highest BCUT2D eigenvalue weighted by molar-refractivity contribution is 6.56. The first kappa shape index (κ1) is 17.5. The second-order valence-electron chi connectivity index (χ2n) is 3.57. The molecule has 0 saturated carbocycles. The molecule has 0 aliphatic heterocycles. The summed E-state index contributed by atoms with van der Waals surface area (Å²) >= 11 is 29.2. The lowest BCUT2D eigenvalue weighted by Crippen LogP contribution is -2.28. The van der Waals surface area contributed by atoms with Crippen molar-refractivity contribution in [1.82, 2.24) is 0 Å². The number of hydrogen-bond donors (Lipinski definition) is 1. The number of rotatable bonds is 5. The third kappa shape index (κ3) is 4.44. The summed E-state index contributed by atoms with van der Waals surface area (Å²) in [4.78, 5) is 9.21. The minimum atomic E-state index is -1.76. The quantitative estimate of drug-likeness (QED) is 0.270. The van der Waals surface area contributed by atoms with Gasteiger partial charge in [-0.1, -0.05) is 58.0 Å². The van der Waals surface area contributed by atoms with Crippen molar-refractivity contribution in [3.05, 3.63) is 25.1 Å². The van der Waals surface area contributed by atoms with Crippen molar-refractivity contribution in [3.8, 4) is 5.75 Å². The van der Waals surface area contributed by atoms with Crippen LogP contribution < -0.4 is 4.65 Å². The molecular formula is C9H8BCl5O4. The lowest BCUT2D eigenvalue weighted by molar-refractivity contribution is -0.258. The van der Waals surface area contributed by atoms with Crippen molar-refractivity contribution in [2.24, 2.45) is 0 Å². The molecule has 0 atom stereocenters. The minimum absolute atomic E-state index is 0.0143. The third-order valence-electron chi connectivity index (χ3n) is 1.72. The highest BCUT2D eigenvalue weighted by Gasteiger charge is 2.27. The van der Waals surface area contributed by atoms with Gasteiger partial charge in [-0.05, 0) is 13.8 Å². The molecule has 1 rings (SSSR count). The molecule has 0 aliphatic carbocycles. The first-order valence-corrected chi connectivity index (χ1v) is 6.83. The van der Waals surface area contributed by atoms with E-state index in [0.29, 0.717) is 0 Å². The Labute approximate surface area is 135 Å². The van der Waals surface area contributed by atoms with Gasteiger partial charge in [0.1, 0.15) is 15.8 Å². The van der Waals surface area contributed by atoms with Gasteiger partial charge in [0, 0.05) is 0 Å². The monoisotopic (exact) mass is 366 g/mol. The summed E-state index contributed by atoms with van der Waals surface area (Å²) < 4.78 is 4.96. The van der Waals surface area contributed by atoms with E-state index < -0.39 is 7.32 Å². The molecule has 1 N–H and O–H groups in total. The van der Waals surface area contributed by atoms with E-state index in [2.05, 4.69) is 9.69 Å². The Bertz CT molecular complexity index is 441. The molecule has 0 radical (unpaired) electrons. The molecule has 0 amide bonds. The largest absolute Gasteiger partial charge is 0.739 e. The second kappa shape index (κ2) is 7.43. The number of halogens is 5. The Balaban J connectivity index is 2.95. The summed E-state index contributed by atoms with van der Waals surface area (Å²) in [5.74, 6) is -0.164. The molecule has 0 bridgehead atoms. The van der Waals surface area contributed by atoms with Gasteiger partial charge in [0.15, 0.2) is 0 Å². The molecule has 0 unspecified atom stereocenters. The summed E-state index contributed by atoms with van der Waals surface area (Å²) in [6.07, 6.45) is -0.276. The summed E-state index contributed by atoms with van der Waals surface area (Å²) in [5, 5.41) is 9.12. The average Bonchev–Trinajstić information content (AvgIpc) is 2.36. The van der Waals surface area contributed by atoms with E-state index in [-0.39, 0.29) is 37.0 Å². The van der Waals surface area contributed by atoms with E-state index in [1.165, 1.54) is 0 Å². The van der Waals surface area contributed by atoms with Gasteiger partial charge in [-0.25, -0.2) is 9.69 Å². The van der Waals surface area contributed by atoms with E-state index in [4.69, 9.17) is 62.7 Å². The van der Waals surface area contributed by atoms with Crippen LogP contribution in [0.15, 0.2) is 0 Å². The normalized spacial score (nSPS) is 11.0. The van der Waals surface area contributed by atoms with Gasteiger partial charge in [-0.15, -0.1) is 0 Å². The predicted octanol–water partition coefficient (Wildman–Crippen LogP) is 4.67. The van der Waals surface area contributed by atoms with Crippen molar-refractivity contribution >= 4 is 65.3 Å². The molecule has 0 aromatic heterocycles. The van der Waals surface area contributed by atoms with Crippen LogP contribution in [0.3, 0.4) is 0 Å². The van der Waals surface area contributed by atoms with Gasteiger partial charge in [0.05, 0.1) is 21.2 Å². The van der Waals surface area contributed by atoms with Gasteiger partial charge < -0.3 is 9.68 Å². The van der Waals surface area contributed by atoms with Gasteiger partial charge in [-0.3, -0.25) is 0 Å². The molecule has 1 aromatic carbocycles. The fourth-order valence-electron chi connectivity index (χ4n) is 0.967. The van der Waals surface area contributed by atoms with E-state index >= 15 is 0 Å². The minimum Gasteiger partial charge on any atom is -0.508 e. The highest BCUT2D eigenvalue weighted by Crippen LogP contribution is 2.48. The zero-order chi connectivity index (χ0) is 14.7. The summed E-state index contributed by atoms with van der Waals surface area (Å²) in [5.41, 5.74) is 0. The van der Waals surface area contributed by atoms with E-state index in [9.17, 15) is 5.02 Å². The average molecular weight is 368 g/mol. The first-order chi connectivity index (χ1) is 8.75. The first-order valence-electron chi connectivity index (χ1n) is 4.94. The van der Waals surface area contributed by atoms with Crippen LogP contribution in [0.4, 0.5) is 0 Å². The van der Waals surface area contributed by atoms with Crippen molar-refractivity contribution in [2.75, 3.05) is 0 Å². The van der Waals surface area contributed by atoms with E-state index in [0.717, 1.165) is 0 Å². The van der Waals surface area contributed by atoms with Crippen LogP contribution in [0, 0.1) is 0 Å². The molecule has 4 nitrogen and oxygen atoms in total. The van der Waals surface area contributed by atoms with Crippen LogP contribution in [0.1, 0.15) is 13.8 Å². The smallest absolute Gasteiger partial charge is 0.508 e. The molecule has 1 aromatic rings. The van der Waals surface area contributed by atoms with E-state index in [1.54, 1.807) is 13.8 Å². The Morgan fingerprint density at radius 2 is 1.32 bits per heavy atom.